The molecule has 0 aromatic rings. The first-order valence-electron chi connectivity index (χ1n) is 5.99. The van der Waals surface area contributed by atoms with E-state index in [1.165, 1.54) is 0 Å². The Labute approximate surface area is 112 Å². The third-order valence-electron chi connectivity index (χ3n) is 3.16. The van der Waals surface area contributed by atoms with Gasteiger partial charge < -0.3 is 9.57 Å². The van der Waals surface area contributed by atoms with Gasteiger partial charge in [0.1, 0.15) is 0 Å². The van der Waals surface area contributed by atoms with Crippen molar-refractivity contribution in [2.45, 2.75) is 32.6 Å². The molecule has 2 heterocycles. The molecule has 108 valence electrons. The van der Waals surface area contributed by atoms with Crippen molar-refractivity contribution in [3.05, 3.63) is 0 Å². The van der Waals surface area contributed by atoms with E-state index < -0.39 is 32.4 Å². The third kappa shape index (κ3) is 1.85. The maximum absolute atomic E-state index is 12.1. The first-order valence-corrected chi connectivity index (χ1v) is 7.40. The zero-order valence-electron chi connectivity index (χ0n) is 11.3. The molecule has 7 nitrogen and oxygen atoms in total. The molecule has 0 bridgehead atoms. The average molecular weight is 291 g/mol. The highest BCUT2D eigenvalue weighted by molar-refractivity contribution is 7.89. The fourth-order valence-electron chi connectivity index (χ4n) is 2.25. The van der Waals surface area contributed by atoms with Crippen molar-refractivity contribution in [2.24, 2.45) is 16.5 Å². The van der Waals surface area contributed by atoms with Crippen LogP contribution in [0.15, 0.2) is 5.16 Å². The average Bonchev–Trinajstić information content (AvgIpc) is 2.76. The number of esters is 1. The molecule has 0 saturated carbocycles. The van der Waals surface area contributed by atoms with E-state index in [1.54, 1.807) is 6.92 Å². The van der Waals surface area contributed by atoms with Crippen LogP contribution < -0.4 is 0 Å². The lowest BCUT2D eigenvalue weighted by Crippen LogP contribution is -2.51. The molecule has 8 heteroatoms. The number of carbonyl (C=O) groups excluding carboxylic acids is 1. The van der Waals surface area contributed by atoms with Gasteiger partial charge in [0.25, 0.3) is 0 Å². The number of ether oxygens (including phenoxy) is 1. The summed E-state index contributed by atoms with van der Waals surface area (Å²) in [5.74, 6) is -1.74. The van der Waals surface area contributed by atoms with E-state index in [-0.39, 0.29) is 13.2 Å². The summed E-state index contributed by atoms with van der Waals surface area (Å²) in [4.78, 5) is 14.9. The van der Waals surface area contributed by atoms with Gasteiger partial charge in [-0.25, -0.2) is 4.79 Å². The lowest BCUT2D eigenvalue weighted by Gasteiger charge is -2.24. The smallest absolute Gasteiger partial charge is 0.373 e. The van der Waals surface area contributed by atoms with E-state index in [2.05, 4.69) is 5.16 Å². The third-order valence-corrected chi connectivity index (χ3v) is 4.87. The van der Waals surface area contributed by atoms with Gasteiger partial charge in [-0.2, -0.15) is 8.42 Å². The van der Waals surface area contributed by atoms with Crippen molar-refractivity contribution in [3.63, 3.8) is 0 Å². The summed E-state index contributed by atoms with van der Waals surface area (Å²) in [5.41, 5.74) is 0.0592. The lowest BCUT2D eigenvalue weighted by molar-refractivity contribution is -0.160. The first-order chi connectivity index (χ1) is 8.67. The highest BCUT2D eigenvalue weighted by Crippen LogP contribution is 2.46. The second-order valence-electron chi connectivity index (χ2n) is 5.50. The molecule has 0 spiro atoms. The second-order valence-corrected chi connectivity index (χ2v) is 7.25. The summed E-state index contributed by atoms with van der Waals surface area (Å²) in [6.07, 6.45) is 0. The number of oxime groups is 1. The monoisotopic (exact) mass is 291 g/mol. The van der Waals surface area contributed by atoms with Crippen LogP contribution in [0.4, 0.5) is 0 Å². The number of fused-ring (bicyclic) bond motifs is 1. The molecule has 0 radical (unpaired) electrons. The largest absolute Gasteiger partial charge is 0.462 e. The summed E-state index contributed by atoms with van der Waals surface area (Å²) < 4.78 is 33.7. The standard InChI is InChI=1S/C11H17NO6S/c1-5-16-9(13)11-7(6-17-19(11,14)15)8(12-18-11)10(2,3)4/h7H,5-6H2,1-4H3. The maximum Gasteiger partial charge on any atom is 0.373 e. The summed E-state index contributed by atoms with van der Waals surface area (Å²) >= 11 is 0. The van der Waals surface area contributed by atoms with Crippen LogP contribution >= 0.6 is 0 Å². The van der Waals surface area contributed by atoms with E-state index in [1.807, 2.05) is 20.8 Å². The van der Waals surface area contributed by atoms with Crippen LogP contribution in [0.1, 0.15) is 27.7 Å². The van der Waals surface area contributed by atoms with Crippen LogP contribution in [0, 0.1) is 11.3 Å². The summed E-state index contributed by atoms with van der Waals surface area (Å²) in [7, 11) is -4.21. The van der Waals surface area contributed by atoms with Crippen molar-refractivity contribution in [1.29, 1.82) is 0 Å². The quantitative estimate of drug-likeness (QED) is 0.548. The molecule has 1 fully saturated rings. The van der Waals surface area contributed by atoms with E-state index >= 15 is 0 Å². The Morgan fingerprint density at radius 3 is 2.68 bits per heavy atom. The fourth-order valence-corrected chi connectivity index (χ4v) is 3.66. The molecule has 0 amide bonds. The Balaban J connectivity index is 2.48. The van der Waals surface area contributed by atoms with Crippen molar-refractivity contribution in [1.82, 2.24) is 0 Å². The minimum atomic E-state index is -4.21. The van der Waals surface area contributed by atoms with E-state index in [0.29, 0.717) is 5.71 Å². The predicted octanol–water partition coefficient (Wildman–Crippen LogP) is 0.654. The molecule has 19 heavy (non-hydrogen) atoms. The topological polar surface area (TPSA) is 91.3 Å². The van der Waals surface area contributed by atoms with Crippen molar-refractivity contribution in [3.8, 4) is 0 Å². The van der Waals surface area contributed by atoms with E-state index in [4.69, 9.17) is 13.8 Å². The van der Waals surface area contributed by atoms with Crippen molar-refractivity contribution in [2.75, 3.05) is 13.2 Å². The molecule has 1 saturated heterocycles. The molecule has 2 aliphatic rings. The van der Waals surface area contributed by atoms with Gasteiger partial charge in [0.05, 0.1) is 24.8 Å². The van der Waals surface area contributed by atoms with E-state index in [0.717, 1.165) is 0 Å². The van der Waals surface area contributed by atoms with Crippen molar-refractivity contribution < 1.29 is 27.0 Å². The normalized spacial score (nSPS) is 32.4. The SMILES string of the molecule is CCOC(=O)C12ON=C(C(C)(C)C)C1COS2(=O)=O. The van der Waals surface area contributed by atoms with E-state index in [9.17, 15) is 13.2 Å². The Kier molecular flexibility index (Phi) is 3.13. The lowest BCUT2D eigenvalue weighted by atomic mass is 9.80. The molecule has 0 aromatic carbocycles. The molecule has 0 aromatic heterocycles. The minimum absolute atomic E-state index is 0.0526. The van der Waals surface area contributed by atoms with Crippen LogP contribution in [0.2, 0.25) is 0 Å². The van der Waals surface area contributed by atoms with Crippen LogP contribution in [0.3, 0.4) is 0 Å². The first kappa shape index (κ1) is 14.3. The molecule has 2 rings (SSSR count). The summed E-state index contributed by atoms with van der Waals surface area (Å²) in [5, 5.41) is 3.82. The van der Waals surface area contributed by atoms with Gasteiger partial charge in [-0.3, -0.25) is 4.18 Å². The summed E-state index contributed by atoms with van der Waals surface area (Å²) in [6.45, 7) is 7.07. The number of rotatable bonds is 2. The minimum Gasteiger partial charge on any atom is -0.462 e. The van der Waals surface area contributed by atoms with Gasteiger partial charge in [0, 0.05) is 5.41 Å². The number of nitrogens with zero attached hydrogens (tertiary/aromatic N) is 1. The number of hydrogen-bond acceptors (Lipinski definition) is 7. The second kappa shape index (κ2) is 4.17. The molecule has 2 aliphatic heterocycles. The number of carbonyl (C=O) groups is 1. The highest BCUT2D eigenvalue weighted by Gasteiger charge is 2.72. The zero-order valence-corrected chi connectivity index (χ0v) is 12.1. The highest BCUT2D eigenvalue weighted by atomic mass is 32.2. The van der Waals surface area contributed by atoms with Crippen LogP contribution in [-0.4, -0.2) is 38.2 Å². The summed E-state index contributed by atoms with van der Waals surface area (Å²) in [6, 6.07) is 0. The van der Waals surface area contributed by atoms with Crippen LogP contribution in [0.25, 0.3) is 0 Å². The Morgan fingerprint density at radius 1 is 1.53 bits per heavy atom. The van der Waals surface area contributed by atoms with Gasteiger partial charge in [-0.15, -0.1) is 0 Å². The molecular weight excluding hydrogens is 274 g/mol. The van der Waals surface area contributed by atoms with Gasteiger partial charge in [0.15, 0.2) is 0 Å². The molecule has 0 N–H and O–H groups in total. The van der Waals surface area contributed by atoms with Gasteiger partial charge in [0.2, 0.25) is 0 Å². The number of hydrogen-bond donors (Lipinski definition) is 0. The molecule has 2 atom stereocenters. The van der Waals surface area contributed by atoms with Crippen LogP contribution in [0.5, 0.6) is 0 Å². The Bertz CT molecular complexity index is 532. The molecule has 2 unspecified atom stereocenters. The van der Waals surface area contributed by atoms with Gasteiger partial charge in [-0.1, -0.05) is 25.9 Å². The van der Waals surface area contributed by atoms with Crippen molar-refractivity contribution >= 4 is 21.8 Å². The molecular formula is C11H17NO6S. The fraction of sp³-hybridized carbons (Fsp3) is 0.818. The maximum atomic E-state index is 12.1. The Morgan fingerprint density at radius 2 is 2.16 bits per heavy atom. The predicted molar refractivity (Wildman–Crippen MR) is 65.7 cm³/mol. The zero-order chi connectivity index (χ0) is 14.5. The van der Waals surface area contributed by atoms with Gasteiger partial charge >= 0.3 is 21.0 Å². The molecule has 0 aliphatic carbocycles. The van der Waals surface area contributed by atoms with Crippen LogP contribution in [-0.2, 0) is 28.7 Å². The van der Waals surface area contributed by atoms with Gasteiger partial charge in [-0.05, 0) is 6.92 Å². The Hall–Kier alpha value is -1.15.